The Morgan fingerprint density at radius 2 is 1.22 bits per heavy atom. The molecule has 0 saturated carbocycles. The highest BCUT2D eigenvalue weighted by molar-refractivity contribution is 5.66. The first-order chi connectivity index (χ1) is 13.1. The van der Waals surface area contributed by atoms with Crippen molar-refractivity contribution < 1.29 is 39.8 Å². The van der Waals surface area contributed by atoms with E-state index in [1.807, 2.05) is 0 Å². The number of hydrogen-bond acceptors (Lipinski definition) is 8. The molecule has 0 amide bonds. The van der Waals surface area contributed by atoms with Crippen LogP contribution in [0.4, 0.5) is 0 Å². The fourth-order valence-corrected chi connectivity index (χ4v) is 2.30. The van der Waals surface area contributed by atoms with Gasteiger partial charge in [0.05, 0.1) is 52.9 Å². The minimum Gasteiger partial charge on any atom is -0.481 e. The van der Waals surface area contributed by atoms with Crippen LogP contribution in [0, 0.1) is 17.8 Å². The zero-order valence-electron chi connectivity index (χ0n) is 16.1. The Labute approximate surface area is 161 Å². The third kappa shape index (κ3) is 15.9. The standard InChI is InChI=1S/C18H37NO8/c20-7-16(8-21)13-26-11-15(12-27-14-17(9-22)10-23)6-19-5-3-1-2-4-18(24)25/h15-17,19-23H,1-14H2,(H,24,25). The van der Waals surface area contributed by atoms with E-state index in [0.29, 0.717) is 26.2 Å². The summed E-state index contributed by atoms with van der Waals surface area (Å²) in [4.78, 5) is 10.5. The Bertz CT molecular complexity index is 319. The van der Waals surface area contributed by atoms with Gasteiger partial charge in [-0.2, -0.15) is 0 Å². The van der Waals surface area contributed by atoms with Crippen LogP contribution in [0.3, 0.4) is 0 Å². The smallest absolute Gasteiger partial charge is 0.303 e. The first-order valence-corrected chi connectivity index (χ1v) is 9.58. The number of carboxylic acids is 1. The van der Waals surface area contributed by atoms with Crippen LogP contribution in [-0.4, -0.2) is 97.4 Å². The Morgan fingerprint density at radius 3 is 1.67 bits per heavy atom. The van der Waals surface area contributed by atoms with E-state index in [1.165, 1.54) is 0 Å². The monoisotopic (exact) mass is 395 g/mol. The molecule has 0 aliphatic heterocycles. The van der Waals surface area contributed by atoms with E-state index in [9.17, 15) is 4.79 Å². The number of aliphatic hydroxyl groups is 4. The van der Waals surface area contributed by atoms with Crippen molar-refractivity contribution >= 4 is 5.97 Å². The van der Waals surface area contributed by atoms with E-state index in [2.05, 4.69) is 5.32 Å². The number of carbonyl (C=O) groups is 1. The Hall–Kier alpha value is -0.810. The van der Waals surface area contributed by atoms with Crippen molar-refractivity contribution in [3.8, 4) is 0 Å². The second-order valence-corrected chi connectivity index (χ2v) is 6.81. The number of rotatable bonds is 20. The first kappa shape index (κ1) is 26.2. The lowest BCUT2D eigenvalue weighted by Gasteiger charge is -2.21. The molecule has 0 aromatic carbocycles. The van der Waals surface area contributed by atoms with Gasteiger partial charge in [-0.1, -0.05) is 6.42 Å². The van der Waals surface area contributed by atoms with Gasteiger partial charge in [-0.3, -0.25) is 4.79 Å². The van der Waals surface area contributed by atoms with Crippen LogP contribution in [0.5, 0.6) is 0 Å². The predicted octanol–water partition coefficient (Wildman–Crippen LogP) is -0.928. The number of aliphatic hydroxyl groups excluding tert-OH is 4. The molecule has 9 heteroatoms. The summed E-state index contributed by atoms with van der Waals surface area (Å²) in [6.45, 7) is 2.16. The van der Waals surface area contributed by atoms with E-state index in [0.717, 1.165) is 19.4 Å². The summed E-state index contributed by atoms with van der Waals surface area (Å²) in [6.07, 6.45) is 2.59. The molecular formula is C18H37NO8. The van der Waals surface area contributed by atoms with Gasteiger partial charge in [-0.15, -0.1) is 0 Å². The van der Waals surface area contributed by atoms with Gasteiger partial charge in [-0.25, -0.2) is 0 Å². The largest absolute Gasteiger partial charge is 0.481 e. The molecule has 6 N–H and O–H groups in total. The molecule has 0 aromatic heterocycles. The molecule has 0 spiro atoms. The Balaban J connectivity index is 4.08. The number of aliphatic carboxylic acids is 1. The van der Waals surface area contributed by atoms with Crippen LogP contribution in [0.25, 0.3) is 0 Å². The molecule has 0 rings (SSSR count). The highest BCUT2D eigenvalue weighted by Crippen LogP contribution is 2.04. The normalized spacial score (nSPS) is 11.8. The van der Waals surface area contributed by atoms with Crippen molar-refractivity contribution in [3.05, 3.63) is 0 Å². The summed E-state index contributed by atoms with van der Waals surface area (Å²) >= 11 is 0. The van der Waals surface area contributed by atoms with Gasteiger partial charge in [0.1, 0.15) is 0 Å². The number of hydrogen-bond donors (Lipinski definition) is 6. The minimum absolute atomic E-state index is 0.0418. The van der Waals surface area contributed by atoms with Crippen LogP contribution < -0.4 is 5.32 Å². The number of unbranched alkanes of at least 4 members (excludes halogenated alkanes) is 2. The molecule has 0 radical (unpaired) electrons. The second kappa shape index (κ2) is 18.5. The van der Waals surface area contributed by atoms with E-state index < -0.39 is 5.97 Å². The summed E-state index contributed by atoms with van der Waals surface area (Å²) in [5.74, 6) is -1.34. The van der Waals surface area contributed by atoms with Crippen LogP contribution in [0.2, 0.25) is 0 Å². The summed E-state index contributed by atoms with van der Waals surface area (Å²) in [5, 5.41) is 48.2. The molecule has 0 aromatic rings. The van der Waals surface area contributed by atoms with Crippen molar-refractivity contribution in [2.75, 3.05) is 65.9 Å². The lowest BCUT2D eigenvalue weighted by atomic mass is 10.1. The molecular weight excluding hydrogens is 358 g/mol. The maximum atomic E-state index is 10.5. The highest BCUT2D eigenvalue weighted by Gasteiger charge is 2.13. The fraction of sp³-hybridized carbons (Fsp3) is 0.944. The number of carboxylic acid groups (broad SMARTS) is 1. The SMILES string of the molecule is O=C(O)CCCCCNCC(COCC(CO)CO)COCC(CO)CO. The lowest BCUT2D eigenvalue weighted by molar-refractivity contribution is -0.137. The lowest BCUT2D eigenvalue weighted by Crippen LogP contribution is -2.32. The molecule has 0 saturated heterocycles. The number of ether oxygens (including phenoxy) is 2. The van der Waals surface area contributed by atoms with Crippen LogP contribution in [0.1, 0.15) is 25.7 Å². The summed E-state index contributed by atoms with van der Waals surface area (Å²) < 4.78 is 11.1. The zero-order valence-corrected chi connectivity index (χ0v) is 16.1. The summed E-state index contributed by atoms with van der Waals surface area (Å²) in [5.41, 5.74) is 0. The fourth-order valence-electron chi connectivity index (χ4n) is 2.30. The van der Waals surface area contributed by atoms with Gasteiger partial charge in [0.25, 0.3) is 0 Å². The van der Waals surface area contributed by atoms with Crippen LogP contribution >= 0.6 is 0 Å². The highest BCUT2D eigenvalue weighted by atomic mass is 16.5. The summed E-state index contributed by atoms with van der Waals surface area (Å²) in [7, 11) is 0. The minimum atomic E-state index is -0.773. The average Bonchev–Trinajstić information content (AvgIpc) is 2.67. The van der Waals surface area contributed by atoms with Gasteiger partial charge in [0.15, 0.2) is 0 Å². The van der Waals surface area contributed by atoms with E-state index >= 15 is 0 Å². The van der Waals surface area contributed by atoms with Gasteiger partial charge < -0.3 is 40.3 Å². The van der Waals surface area contributed by atoms with Crippen molar-refractivity contribution in [1.82, 2.24) is 5.32 Å². The molecule has 0 unspecified atom stereocenters. The molecule has 0 bridgehead atoms. The van der Waals surface area contributed by atoms with Gasteiger partial charge in [0.2, 0.25) is 0 Å². The van der Waals surface area contributed by atoms with Crippen molar-refractivity contribution in [1.29, 1.82) is 0 Å². The van der Waals surface area contributed by atoms with Gasteiger partial charge in [0, 0.05) is 30.7 Å². The zero-order chi connectivity index (χ0) is 20.3. The second-order valence-electron chi connectivity index (χ2n) is 6.81. The molecule has 0 fully saturated rings. The van der Waals surface area contributed by atoms with Crippen molar-refractivity contribution in [2.45, 2.75) is 25.7 Å². The third-order valence-corrected chi connectivity index (χ3v) is 4.12. The predicted molar refractivity (Wildman–Crippen MR) is 99.4 cm³/mol. The maximum absolute atomic E-state index is 10.5. The van der Waals surface area contributed by atoms with E-state index in [4.69, 9.17) is 35.0 Å². The topological polar surface area (TPSA) is 149 Å². The van der Waals surface area contributed by atoms with Crippen molar-refractivity contribution in [3.63, 3.8) is 0 Å². The van der Waals surface area contributed by atoms with Crippen molar-refractivity contribution in [2.24, 2.45) is 17.8 Å². The van der Waals surface area contributed by atoms with Gasteiger partial charge >= 0.3 is 5.97 Å². The summed E-state index contributed by atoms with van der Waals surface area (Å²) in [6, 6.07) is 0. The molecule has 9 nitrogen and oxygen atoms in total. The van der Waals surface area contributed by atoms with E-state index in [-0.39, 0.29) is 63.8 Å². The maximum Gasteiger partial charge on any atom is 0.303 e. The molecule has 0 atom stereocenters. The molecule has 0 aliphatic rings. The number of nitrogens with one attached hydrogen (secondary N) is 1. The van der Waals surface area contributed by atoms with E-state index in [1.54, 1.807) is 0 Å². The Kier molecular flexibility index (Phi) is 18.0. The third-order valence-electron chi connectivity index (χ3n) is 4.12. The molecule has 162 valence electrons. The van der Waals surface area contributed by atoms with Gasteiger partial charge in [-0.05, 0) is 19.4 Å². The first-order valence-electron chi connectivity index (χ1n) is 9.58. The quantitative estimate of drug-likeness (QED) is 0.144. The van der Waals surface area contributed by atoms with Crippen LogP contribution in [0.15, 0.2) is 0 Å². The molecule has 0 aliphatic carbocycles. The molecule has 0 heterocycles. The average molecular weight is 395 g/mol. The van der Waals surface area contributed by atoms with Crippen LogP contribution in [-0.2, 0) is 14.3 Å². The molecule has 27 heavy (non-hydrogen) atoms. The Morgan fingerprint density at radius 1 is 0.741 bits per heavy atom.